The molecule has 0 saturated carbocycles. The van der Waals surface area contributed by atoms with Crippen molar-refractivity contribution in [1.29, 1.82) is 0 Å². The van der Waals surface area contributed by atoms with Crippen LogP contribution in [0.5, 0.6) is 0 Å². The van der Waals surface area contributed by atoms with Crippen molar-refractivity contribution in [3.05, 3.63) is 35.9 Å². The molecule has 1 rings (SSSR count). The molecule has 0 nitrogen and oxygen atoms in total. The van der Waals surface area contributed by atoms with E-state index >= 15 is 0 Å². The topological polar surface area (TPSA) is 0 Å². The molecule has 0 aliphatic carbocycles. The Bertz CT molecular complexity index is 198. The molecule has 0 aliphatic heterocycles. The molecule has 1 aromatic rings. The zero-order chi connectivity index (χ0) is 8.10. The van der Waals surface area contributed by atoms with Gasteiger partial charge in [0.15, 0.2) is 0 Å². The van der Waals surface area contributed by atoms with Crippen LogP contribution in [0.25, 0.3) is 0 Å². The van der Waals surface area contributed by atoms with Crippen molar-refractivity contribution in [2.75, 3.05) is 0 Å². The molecular formula is C9H11Cl. The molecule has 0 N–H and O–H groups in total. The van der Waals surface area contributed by atoms with E-state index in [1.165, 1.54) is 5.56 Å². The van der Waals surface area contributed by atoms with Crippen molar-refractivity contribution in [2.24, 2.45) is 0 Å². The van der Waals surface area contributed by atoms with Gasteiger partial charge in [-0.25, -0.2) is 0 Å². The van der Waals surface area contributed by atoms with E-state index < -0.39 is 0 Å². The molecule has 0 saturated heterocycles. The first-order chi connectivity index (χ1) is 5.33. The zero-order valence-electron chi connectivity index (χ0n) is 6.76. The minimum Gasteiger partial charge on any atom is -0.123 e. The van der Waals surface area contributed by atoms with Crippen molar-refractivity contribution in [3.63, 3.8) is 0 Å². The number of hydrogen-bond acceptors (Lipinski definition) is 0. The number of halogens is 1. The van der Waals surface area contributed by atoms with Gasteiger partial charge in [-0.05, 0) is 18.9 Å². The molecule has 0 fully saturated rings. The van der Waals surface area contributed by atoms with Crippen LogP contribution >= 0.6 is 11.6 Å². The van der Waals surface area contributed by atoms with Crippen molar-refractivity contribution in [3.8, 4) is 0 Å². The molecule has 1 unspecified atom stereocenters. The number of hydrogen-bond donors (Lipinski definition) is 0. The molecule has 54 valence electrons. The Kier molecular flexibility index (Phi) is 2.26. The van der Waals surface area contributed by atoms with Gasteiger partial charge in [-0.2, -0.15) is 0 Å². The summed E-state index contributed by atoms with van der Waals surface area (Å²) in [4.78, 5) is 0. The van der Waals surface area contributed by atoms with Gasteiger partial charge in [0.25, 0.3) is 0 Å². The molecule has 0 aliphatic rings. The van der Waals surface area contributed by atoms with E-state index in [9.17, 15) is 0 Å². The third-order valence-corrected chi connectivity index (χ3v) is 1.45. The monoisotopic (exact) mass is 156 g/mol. The summed E-state index contributed by atoms with van der Waals surface area (Å²) < 4.78 is 7.03. The molecule has 10 heavy (non-hydrogen) atoms. The van der Waals surface area contributed by atoms with E-state index in [4.69, 9.17) is 13.0 Å². The van der Waals surface area contributed by atoms with E-state index in [-0.39, 0.29) is 12.3 Å². The van der Waals surface area contributed by atoms with E-state index in [0.717, 1.165) is 6.42 Å². The summed E-state index contributed by atoms with van der Waals surface area (Å²) in [6.45, 7) is 0.288. The second kappa shape index (κ2) is 3.62. The van der Waals surface area contributed by atoms with Gasteiger partial charge in [0.05, 0.1) is 0 Å². The maximum absolute atomic E-state index is 7.03. The first-order valence-corrected chi connectivity index (χ1v) is 3.74. The summed E-state index contributed by atoms with van der Waals surface area (Å²) in [6, 6.07) is 10.0. The first kappa shape index (κ1) is 6.23. The highest BCUT2D eigenvalue weighted by molar-refractivity contribution is 6.20. The second-order valence-corrected chi connectivity index (χ2v) is 2.90. The molecule has 1 atom stereocenters. The lowest BCUT2D eigenvalue weighted by atomic mass is 10.1. The maximum Gasteiger partial charge on any atom is 0.0348 e. The number of alkyl halides is 1. The highest BCUT2D eigenvalue weighted by Gasteiger charge is 1.96. The first-order valence-electron chi connectivity index (χ1n) is 4.01. The number of benzene rings is 1. The van der Waals surface area contributed by atoms with Gasteiger partial charge >= 0.3 is 0 Å². The van der Waals surface area contributed by atoms with Gasteiger partial charge in [-0.15, -0.1) is 11.6 Å². The van der Waals surface area contributed by atoms with Crippen molar-refractivity contribution < 1.29 is 1.37 Å². The molecule has 0 bridgehead atoms. The highest BCUT2D eigenvalue weighted by Crippen LogP contribution is 2.06. The predicted molar refractivity (Wildman–Crippen MR) is 45.5 cm³/mol. The van der Waals surface area contributed by atoms with Crippen LogP contribution in [0.4, 0.5) is 0 Å². The Morgan fingerprint density at radius 1 is 1.50 bits per heavy atom. The van der Waals surface area contributed by atoms with Gasteiger partial charge in [0.2, 0.25) is 0 Å². The molecule has 0 radical (unpaired) electrons. The third-order valence-electron chi connectivity index (χ3n) is 1.30. The fourth-order valence-electron chi connectivity index (χ4n) is 0.870. The molecule has 0 spiro atoms. The van der Waals surface area contributed by atoms with Crippen molar-refractivity contribution in [1.82, 2.24) is 0 Å². The molecule has 0 amide bonds. The van der Waals surface area contributed by atoms with Crippen LogP contribution in [-0.4, -0.2) is 5.38 Å². The maximum atomic E-state index is 7.03. The fraction of sp³-hybridized carbons (Fsp3) is 0.333. The van der Waals surface area contributed by atoms with Crippen LogP contribution in [0.15, 0.2) is 30.3 Å². The lowest BCUT2D eigenvalue weighted by molar-refractivity contribution is 0.931. The molecular weight excluding hydrogens is 144 g/mol. The quantitative estimate of drug-likeness (QED) is 0.578. The van der Waals surface area contributed by atoms with Gasteiger partial charge in [-0.3, -0.25) is 0 Å². The average Bonchev–Trinajstić information content (AvgIpc) is 2.06. The summed E-state index contributed by atoms with van der Waals surface area (Å²) in [7, 11) is 0. The number of rotatable bonds is 2. The smallest absolute Gasteiger partial charge is 0.0348 e. The molecule has 0 aromatic heterocycles. The molecule has 1 heteroatoms. The lowest BCUT2D eigenvalue weighted by Gasteiger charge is -2.00. The Hall–Kier alpha value is -0.490. The Morgan fingerprint density at radius 3 is 2.80 bits per heavy atom. The van der Waals surface area contributed by atoms with Crippen LogP contribution < -0.4 is 0 Å². The zero-order valence-corrected chi connectivity index (χ0v) is 6.51. The minimum absolute atomic E-state index is 0.0441. The van der Waals surface area contributed by atoms with E-state index in [1.54, 1.807) is 0 Å². The van der Waals surface area contributed by atoms with Crippen molar-refractivity contribution >= 4 is 11.6 Å². The van der Waals surface area contributed by atoms with Gasteiger partial charge in [-0.1, -0.05) is 30.3 Å². The Balaban J connectivity index is 2.51. The normalized spacial score (nSPS) is 14.3. The summed E-state index contributed by atoms with van der Waals surface area (Å²) in [5.41, 5.74) is 1.21. The van der Waals surface area contributed by atoms with E-state index in [2.05, 4.69) is 0 Å². The van der Waals surface area contributed by atoms with Crippen molar-refractivity contribution in [2.45, 2.75) is 18.7 Å². The van der Waals surface area contributed by atoms with Gasteiger partial charge in [0, 0.05) is 6.75 Å². The fourth-order valence-corrected chi connectivity index (χ4v) is 1.05. The largest absolute Gasteiger partial charge is 0.123 e. The second-order valence-electron chi connectivity index (χ2n) is 2.29. The van der Waals surface area contributed by atoms with Crippen LogP contribution in [0, 0.1) is 0 Å². The minimum atomic E-state index is -0.0441. The van der Waals surface area contributed by atoms with Crippen LogP contribution in [0.1, 0.15) is 13.8 Å². The summed E-state index contributed by atoms with van der Waals surface area (Å²) >= 11 is 5.81. The average molecular weight is 157 g/mol. The Labute approximate surface area is 68.2 Å². The van der Waals surface area contributed by atoms with Crippen LogP contribution in [0.2, 0.25) is 0 Å². The van der Waals surface area contributed by atoms with Gasteiger partial charge < -0.3 is 0 Å². The van der Waals surface area contributed by atoms with Gasteiger partial charge in [0.1, 0.15) is 0 Å². The summed E-state index contributed by atoms with van der Waals surface area (Å²) in [5, 5.41) is -0.0441. The standard InChI is InChI=1S/C9H11Cl/c1-8(10)7-9-5-3-2-4-6-9/h2-6,8H,7H2,1H3/i1T. The van der Waals surface area contributed by atoms with E-state index in [0.29, 0.717) is 0 Å². The van der Waals surface area contributed by atoms with E-state index in [1.807, 2.05) is 30.3 Å². The molecule has 0 heterocycles. The SMILES string of the molecule is [3H]CC(Cl)Cc1ccccc1. The predicted octanol–water partition coefficient (Wildman–Crippen LogP) is 2.86. The Morgan fingerprint density at radius 2 is 2.20 bits per heavy atom. The highest BCUT2D eigenvalue weighted by atomic mass is 35.5. The third kappa shape index (κ3) is 2.40. The van der Waals surface area contributed by atoms with Crippen LogP contribution in [-0.2, 0) is 6.42 Å². The lowest BCUT2D eigenvalue weighted by Crippen LogP contribution is -1.95. The van der Waals surface area contributed by atoms with Crippen LogP contribution in [0.3, 0.4) is 0 Å². The summed E-state index contributed by atoms with van der Waals surface area (Å²) in [5.74, 6) is 0. The molecule has 1 aromatic carbocycles. The summed E-state index contributed by atoms with van der Waals surface area (Å²) in [6.07, 6.45) is 0.798.